The van der Waals surface area contributed by atoms with Crippen molar-refractivity contribution in [2.24, 2.45) is 0 Å². The first-order valence-corrected chi connectivity index (χ1v) is 10.8. The first-order valence-electron chi connectivity index (χ1n) is 9.59. The van der Waals surface area contributed by atoms with Crippen molar-refractivity contribution in [2.75, 3.05) is 5.32 Å². The third kappa shape index (κ3) is 4.61. The number of carbonyl (C=O) groups excluding carboxylic acids is 1. The maximum absolute atomic E-state index is 12.3. The Hall–Kier alpha value is -2.96. The topological polar surface area (TPSA) is 59.8 Å². The van der Waals surface area contributed by atoms with Crippen LogP contribution in [0.5, 0.6) is 0 Å². The van der Waals surface area contributed by atoms with E-state index in [0.29, 0.717) is 10.7 Å². The Morgan fingerprint density at radius 1 is 1.10 bits per heavy atom. The Kier molecular flexibility index (Phi) is 5.97. The molecule has 5 nitrogen and oxygen atoms in total. The van der Waals surface area contributed by atoms with Crippen molar-refractivity contribution in [3.05, 3.63) is 93.2 Å². The highest BCUT2D eigenvalue weighted by atomic mass is 35.5. The lowest BCUT2D eigenvalue weighted by atomic mass is 10.0. The van der Waals surface area contributed by atoms with Gasteiger partial charge in [-0.05, 0) is 43.7 Å². The van der Waals surface area contributed by atoms with Crippen LogP contribution in [0, 0.1) is 13.8 Å². The summed E-state index contributed by atoms with van der Waals surface area (Å²) in [7, 11) is 0. The zero-order valence-electron chi connectivity index (χ0n) is 16.7. The molecule has 0 bridgehead atoms. The van der Waals surface area contributed by atoms with Gasteiger partial charge in [-0.1, -0.05) is 41.9 Å². The molecular weight excluding hydrogens is 416 g/mol. The number of hydrogen-bond acceptors (Lipinski definition) is 4. The Morgan fingerprint density at radius 3 is 2.57 bits per heavy atom. The smallest absolute Gasteiger partial charge is 0.230 e. The predicted octanol–water partition coefficient (Wildman–Crippen LogP) is 5.37. The van der Waals surface area contributed by atoms with Gasteiger partial charge >= 0.3 is 0 Å². The number of aromatic nitrogens is 3. The Labute approximate surface area is 184 Å². The Bertz CT molecular complexity index is 1170. The van der Waals surface area contributed by atoms with Crippen molar-refractivity contribution < 1.29 is 4.79 Å². The zero-order chi connectivity index (χ0) is 21.1. The molecule has 0 spiro atoms. The quantitative estimate of drug-likeness (QED) is 0.442. The number of amides is 1. The highest BCUT2D eigenvalue weighted by Crippen LogP contribution is 2.23. The van der Waals surface area contributed by atoms with Crippen LogP contribution in [0.2, 0.25) is 5.02 Å². The summed E-state index contributed by atoms with van der Waals surface area (Å²) in [5.41, 5.74) is 5.96. The number of thiazole rings is 1. The summed E-state index contributed by atoms with van der Waals surface area (Å²) in [6.45, 7) is 4.09. The van der Waals surface area contributed by atoms with Gasteiger partial charge in [0, 0.05) is 33.8 Å². The van der Waals surface area contributed by atoms with E-state index in [4.69, 9.17) is 16.7 Å². The lowest BCUT2D eigenvalue weighted by Crippen LogP contribution is -2.14. The lowest BCUT2D eigenvalue weighted by molar-refractivity contribution is -0.115. The van der Waals surface area contributed by atoms with Gasteiger partial charge in [0.05, 0.1) is 17.8 Å². The zero-order valence-corrected chi connectivity index (χ0v) is 18.3. The number of aryl methyl sites for hydroxylation is 1. The molecule has 0 atom stereocenters. The van der Waals surface area contributed by atoms with E-state index in [1.54, 1.807) is 24.3 Å². The Morgan fingerprint density at radius 2 is 1.83 bits per heavy atom. The second-order valence-electron chi connectivity index (χ2n) is 7.08. The average molecular weight is 437 g/mol. The minimum atomic E-state index is -0.118. The summed E-state index contributed by atoms with van der Waals surface area (Å²) in [5, 5.41) is 10.9. The highest BCUT2D eigenvalue weighted by molar-refractivity contribution is 7.12. The number of nitrogens with zero attached hydrogens (tertiary/aromatic N) is 3. The van der Waals surface area contributed by atoms with E-state index in [1.165, 1.54) is 22.5 Å². The molecular formula is C23H21ClN4OS. The van der Waals surface area contributed by atoms with Crippen LogP contribution in [-0.2, 0) is 17.6 Å². The molecule has 2 heterocycles. The van der Waals surface area contributed by atoms with Crippen molar-refractivity contribution >= 4 is 34.5 Å². The number of halogens is 1. The summed E-state index contributed by atoms with van der Waals surface area (Å²) >= 11 is 7.37. The van der Waals surface area contributed by atoms with Gasteiger partial charge < -0.3 is 5.32 Å². The first-order chi connectivity index (χ1) is 14.5. The van der Waals surface area contributed by atoms with Gasteiger partial charge in [-0.25, -0.2) is 9.67 Å². The predicted molar refractivity (Wildman–Crippen MR) is 122 cm³/mol. The van der Waals surface area contributed by atoms with Crippen LogP contribution in [0.4, 0.5) is 5.69 Å². The van der Waals surface area contributed by atoms with Crippen LogP contribution in [0.1, 0.15) is 28.2 Å². The lowest BCUT2D eigenvalue weighted by Gasteiger charge is -2.04. The molecule has 4 rings (SSSR count). The second-order valence-corrected chi connectivity index (χ2v) is 8.35. The van der Waals surface area contributed by atoms with E-state index in [0.717, 1.165) is 28.6 Å². The number of benzene rings is 2. The summed E-state index contributed by atoms with van der Waals surface area (Å²) < 4.78 is 1.87. The third-order valence-electron chi connectivity index (χ3n) is 4.86. The molecule has 4 aromatic rings. The summed E-state index contributed by atoms with van der Waals surface area (Å²) in [5.74, 6) is -0.118. The van der Waals surface area contributed by atoms with Crippen LogP contribution in [-0.4, -0.2) is 20.7 Å². The van der Waals surface area contributed by atoms with Crippen molar-refractivity contribution in [3.8, 4) is 5.13 Å². The maximum Gasteiger partial charge on any atom is 0.230 e. The van der Waals surface area contributed by atoms with Gasteiger partial charge in [0.1, 0.15) is 0 Å². The number of anilines is 1. The van der Waals surface area contributed by atoms with Gasteiger partial charge in [-0.3, -0.25) is 4.79 Å². The van der Waals surface area contributed by atoms with E-state index < -0.39 is 0 Å². The molecule has 1 amide bonds. The fourth-order valence-electron chi connectivity index (χ4n) is 3.29. The van der Waals surface area contributed by atoms with E-state index in [-0.39, 0.29) is 12.3 Å². The molecule has 0 radical (unpaired) electrons. The van der Waals surface area contributed by atoms with Crippen LogP contribution < -0.4 is 5.32 Å². The van der Waals surface area contributed by atoms with Crippen LogP contribution in [0.15, 0.2) is 60.0 Å². The van der Waals surface area contributed by atoms with Gasteiger partial charge in [-0.2, -0.15) is 5.10 Å². The SMILES string of the molecule is Cc1nn(-c2nc(CC(=O)Nc3ccc(Cl)cc3)cs2)c(C)c1Cc1ccccc1. The minimum absolute atomic E-state index is 0.118. The maximum atomic E-state index is 12.3. The number of carbonyl (C=O) groups is 1. The third-order valence-corrected chi connectivity index (χ3v) is 5.97. The fraction of sp³-hybridized carbons (Fsp3) is 0.174. The molecule has 0 fully saturated rings. The average Bonchev–Trinajstić information content (AvgIpc) is 3.30. The number of hydrogen-bond donors (Lipinski definition) is 1. The van der Waals surface area contributed by atoms with Gasteiger partial charge in [0.25, 0.3) is 0 Å². The van der Waals surface area contributed by atoms with Crippen molar-refractivity contribution in [2.45, 2.75) is 26.7 Å². The second kappa shape index (κ2) is 8.81. The van der Waals surface area contributed by atoms with Crippen LogP contribution in [0.3, 0.4) is 0 Å². The number of rotatable bonds is 6. The summed E-state index contributed by atoms with van der Waals surface area (Å²) in [4.78, 5) is 17.0. The van der Waals surface area contributed by atoms with Crippen molar-refractivity contribution in [1.29, 1.82) is 0 Å². The van der Waals surface area contributed by atoms with Crippen molar-refractivity contribution in [3.63, 3.8) is 0 Å². The summed E-state index contributed by atoms with van der Waals surface area (Å²) in [6.07, 6.45) is 1.04. The molecule has 1 N–H and O–H groups in total. The molecule has 2 aromatic heterocycles. The summed E-state index contributed by atoms with van der Waals surface area (Å²) in [6, 6.07) is 17.4. The molecule has 0 unspecified atom stereocenters. The first kappa shape index (κ1) is 20.3. The molecule has 0 aliphatic carbocycles. The van der Waals surface area contributed by atoms with E-state index in [9.17, 15) is 4.79 Å². The molecule has 0 saturated heterocycles. The molecule has 30 heavy (non-hydrogen) atoms. The van der Waals surface area contributed by atoms with Crippen molar-refractivity contribution in [1.82, 2.24) is 14.8 Å². The van der Waals surface area contributed by atoms with Crippen LogP contribution in [0.25, 0.3) is 5.13 Å². The molecule has 152 valence electrons. The van der Waals surface area contributed by atoms with E-state index in [2.05, 4.69) is 29.4 Å². The largest absolute Gasteiger partial charge is 0.326 e. The van der Waals surface area contributed by atoms with E-state index >= 15 is 0 Å². The molecule has 0 saturated carbocycles. The van der Waals surface area contributed by atoms with Gasteiger partial charge in [0.2, 0.25) is 11.0 Å². The van der Waals surface area contributed by atoms with Gasteiger partial charge in [-0.15, -0.1) is 11.3 Å². The molecule has 7 heteroatoms. The number of nitrogens with one attached hydrogen (secondary N) is 1. The van der Waals surface area contributed by atoms with Gasteiger partial charge in [0.15, 0.2) is 0 Å². The molecule has 0 aliphatic heterocycles. The Balaban J connectivity index is 1.48. The molecule has 0 aliphatic rings. The normalized spacial score (nSPS) is 10.9. The highest BCUT2D eigenvalue weighted by Gasteiger charge is 2.16. The van der Waals surface area contributed by atoms with E-state index in [1.807, 2.05) is 35.2 Å². The monoisotopic (exact) mass is 436 g/mol. The standard InChI is InChI=1S/C23H21ClN4OS/c1-15-21(12-17-6-4-3-5-7-17)16(2)28(27-15)23-26-20(14-30-23)13-22(29)25-19-10-8-18(24)9-11-19/h3-11,14H,12-13H2,1-2H3,(H,25,29). The fourth-order valence-corrected chi connectivity index (χ4v) is 4.25. The van der Waals surface area contributed by atoms with Crippen LogP contribution >= 0.6 is 22.9 Å². The minimum Gasteiger partial charge on any atom is -0.326 e. The molecule has 2 aromatic carbocycles.